The molecule has 0 aliphatic carbocycles. The number of anilines is 1. The Hall–Kier alpha value is -2.28. The van der Waals surface area contributed by atoms with Gasteiger partial charge in [-0.15, -0.1) is 0 Å². The van der Waals surface area contributed by atoms with Crippen LogP contribution in [0.3, 0.4) is 0 Å². The third-order valence-corrected chi connectivity index (χ3v) is 5.33. The molecule has 0 aromatic heterocycles. The fourth-order valence-corrected chi connectivity index (χ4v) is 3.64. The molecule has 0 spiro atoms. The summed E-state index contributed by atoms with van der Waals surface area (Å²) in [5.74, 6) is 0.881. The molecule has 0 saturated carbocycles. The number of carbonyl (C=O) groups is 2. The Kier molecular flexibility index (Phi) is 6.55. The summed E-state index contributed by atoms with van der Waals surface area (Å²) in [5.41, 5.74) is 1.76. The van der Waals surface area contributed by atoms with E-state index in [1.54, 1.807) is 12.0 Å². The third-order valence-electron chi connectivity index (χ3n) is 5.33. The molecule has 2 fully saturated rings. The quantitative estimate of drug-likeness (QED) is 0.877. The summed E-state index contributed by atoms with van der Waals surface area (Å²) in [6.07, 6.45) is 3.45. The Balaban J connectivity index is 1.47. The van der Waals surface area contributed by atoms with Crippen LogP contribution in [-0.4, -0.2) is 79.6 Å². The molecule has 3 amide bonds. The van der Waals surface area contributed by atoms with E-state index >= 15 is 0 Å². The Labute approximate surface area is 161 Å². The summed E-state index contributed by atoms with van der Waals surface area (Å²) in [6, 6.07) is 5.58. The van der Waals surface area contributed by atoms with Crippen LogP contribution in [0.15, 0.2) is 18.2 Å². The summed E-state index contributed by atoms with van der Waals surface area (Å²) in [5, 5.41) is 2.93. The molecule has 7 nitrogen and oxygen atoms in total. The van der Waals surface area contributed by atoms with Crippen molar-refractivity contribution in [1.29, 1.82) is 0 Å². The Morgan fingerprint density at radius 2 is 1.70 bits per heavy atom. The number of benzene rings is 1. The minimum absolute atomic E-state index is 0.126. The zero-order valence-corrected chi connectivity index (χ0v) is 16.4. The Morgan fingerprint density at radius 1 is 1.00 bits per heavy atom. The predicted molar refractivity (Wildman–Crippen MR) is 105 cm³/mol. The topological polar surface area (TPSA) is 65.1 Å². The molecule has 1 N–H and O–H groups in total. The van der Waals surface area contributed by atoms with Gasteiger partial charge in [-0.05, 0) is 43.9 Å². The van der Waals surface area contributed by atoms with Crippen molar-refractivity contribution < 1.29 is 14.3 Å². The van der Waals surface area contributed by atoms with E-state index in [0.717, 1.165) is 44.6 Å². The van der Waals surface area contributed by atoms with Crippen molar-refractivity contribution in [2.75, 3.05) is 58.2 Å². The fourth-order valence-electron chi connectivity index (χ4n) is 3.64. The van der Waals surface area contributed by atoms with Crippen molar-refractivity contribution in [3.05, 3.63) is 23.8 Å². The summed E-state index contributed by atoms with van der Waals surface area (Å²) in [6.45, 7) is 6.90. The number of amides is 3. The van der Waals surface area contributed by atoms with Gasteiger partial charge in [-0.25, -0.2) is 4.79 Å². The van der Waals surface area contributed by atoms with Crippen LogP contribution < -0.4 is 10.1 Å². The van der Waals surface area contributed by atoms with Crippen molar-refractivity contribution in [3.8, 4) is 5.75 Å². The molecule has 3 rings (SSSR count). The first-order valence-corrected chi connectivity index (χ1v) is 9.77. The molecule has 7 heteroatoms. The van der Waals surface area contributed by atoms with E-state index in [0.29, 0.717) is 31.1 Å². The first-order valence-electron chi connectivity index (χ1n) is 9.77. The lowest BCUT2D eigenvalue weighted by molar-refractivity contribution is -0.133. The fraction of sp³-hybridized carbons (Fsp3) is 0.600. The van der Waals surface area contributed by atoms with Crippen LogP contribution in [0.4, 0.5) is 10.5 Å². The third kappa shape index (κ3) is 5.13. The summed E-state index contributed by atoms with van der Waals surface area (Å²) in [4.78, 5) is 30.9. The van der Waals surface area contributed by atoms with Crippen molar-refractivity contribution in [2.45, 2.75) is 26.2 Å². The number of hydrogen-bond donors (Lipinski definition) is 1. The molecule has 0 unspecified atom stereocenters. The van der Waals surface area contributed by atoms with E-state index in [1.807, 2.05) is 30.0 Å². The number of likely N-dealkylation sites (tertiary alicyclic amines) is 1. The van der Waals surface area contributed by atoms with Gasteiger partial charge in [0.2, 0.25) is 5.91 Å². The standard InChI is InChI=1S/C20H30N4O3/c1-16-6-7-17(18(14-16)27-2)21-20(26)24-12-10-22(11-13-24)15-19(25)23-8-4-3-5-9-23/h6-7,14H,3-5,8-13,15H2,1-2H3,(H,21,26). The van der Waals surface area contributed by atoms with Crippen LogP contribution in [0.5, 0.6) is 5.75 Å². The van der Waals surface area contributed by atoms with E-state index in [4.69, 9.17) is 4.74 Å². The molecule has 2 saturated heterocycles. The average molecular weight is 374 g/mol. The molecule has 0 atom stereocenters. The van der Waals surface area contributed by atoms with Crippen LogP contribution in [0, 0.1) is 6.92 Å². The predicted octanol–water partition coefficient (Wildman–Crippen LogP) is 2.17. The molecular weight excluding hydrogens is 344 g/mol. The first-order chi connectivity index (χ1) is 13.1. The van der Waals surface area contributed by atoms with E-state index < -0.39 is 0 Å². The van der Waals surface area contributed by atoms with E-state index in [2.05, 4.69) is 10.2 Å². The van der Waals surface area contributed by atoms with Gasteiger partial charge in [-0.1, -0.05) is 6.07 Å². The minimum atomic E-state index is -0.126. The number of piperidine rings is 1. The van der Waals surface area contributed by atoms with Crippen LogP contribution >= 0.6 is 0 Å². The van der Waals surface area contributed by atoms with Gasteiger partial charge in [0, 0.05) is 39.3 Å². The van der Waals surface area contributed by atoms with Gasteiger partial charge >= 0.3 is 6.03 Å². The molecule has 0 radical (unpaired) electrons. The highest BCUT2D eigenvalue weighted by Crippen LogP contribution is 2.25. The van der Waals surface area contributed by atoms with Crippen molar-refractivity contribution in [3.63, 3.8) is 0 Å². The second-order valence-corrected chi connectivity index (χ2v) is 7.34. The highest BCUT2D eigenvalue weighted by molar-refractivity contribution is 5.91. The van der Waals surface area contributed by atoms with Crippen LogP contribution in [-0.2, 0) is 4.79 Å². The molecule has 1 aromatic rings. The number of nitrogens with zero attached hydrogens (tertiary/aromatic N) is 3. The first kappa shape index (κ1) is 19.5. The number of methoxy groups -OCH3 is 1. The number of nitrogens with one attached hydrogen (secondary N) is 1. The van der Waals surface area contributed by atoms with Crippen LogP contribution in [0.2, 0.25) is 0 Å². The Bertz CT molecular complexity index is 665. The maximum absolute atomic E-state index is 12.6. The normalized spacial score (nSPS) is 18.3. The van der Waals surface area contributed by atoms with Gasteiger partial charge in [-0.3, -0.25) is 9.69 Å². The van der Waals surface area contributed by atoms with E-state index in [9.17, 15) is 9.59 Å². The smallest absolute Gasteiger partial charge is 0.322 e. The monoisotopic (exact) mass is 374 g/mol. The van der Waals surface area contributed by atoms with E-state index in [-0.39, 0.29) is 11.9 Å². The molecule has 2 aliphatic heterocycles. The molecule has 1 aromatic carbocycles. The number of urea groups is 1. The van der Waals surface area contributed by atoms with Gasteiger partial charge in [0.05, 0.1) is 19.3 Å². The number of hydrogen-bond acceptors (Lipinski definition) is 4. The van der Waals surface area contributed by atoms with Crippen molar-refractivity contribution >= 4 is 17.6 Å². The maximum Gasteiger partial charge on any atom is 0.322 e. The van der Waals surface area contributed by atoms with Gasteiger partial charge < -0.3 is 19.9 Å². The zero-order valence-electron chi connectivity index (χ0n) is 16.4. The summed E-state index contributed by atoms with van der Waals surface area (Å²) < 4.78 is 5.35. The SMILES string of the molecule is COc1cc(C)ccc1NC(=O)N1CCN(CC(=O)N2CCCCC2)CC1. The zero-order chi connectivity index (χ0) is 19.2. The van der Waals surface area contributed by atoms with Crippen molar-refractivity contribution in [2.24, 2.45) is 0 Å². The Morgan fingerprint density at radius 3 is 2.37 bits per heavy atom. The molecule has 2 aliphatic rings. The molecule has 148 valence electrons. The second kappa shape index (κ2) is 9.08. The van der Waals surface area contributed by atoms with Crippen molar-refractivity contribution in [1.82, 2.24) is 14.7 Å². The molecule has 27 heavy (non-hydrogen) atoms. The average Bonchev–Trinajstić information content (AvgIpc) is 2.70. The number of carbonyl (C=O) groups excluding carboxylic acids is 2. The summed E-state index contributed by atoms with van der Waals surface area (Å²) in [7, 11) is 1.60. The second-order valence-electron chi connectivity index (χ2n) is 7.34. The minimum Gasteiger partial charge on any atom is -0.495 e. The van der Waals surface area contributed by atoms with E-state index in [1.165, 1.54) is 6.42 Å². The van der Waals surface area contributed by atoms with Gasteiger partial charge in [0.1, 0.15) is 5.75 Å². The number of aryl methyl sites for hydroxylation is 1. The highest BCUT2D eigenvalue weighted by atomic mass is 16.5. The molecule has 0 bridgehead atoms. The lowest BCUT2D eigenvalue weighted by Crippen LogP contribution is -2.52. The molecular formula is C20H30N4O3. The number of ether oxygens (including phenoxy) is 1. The van der Waals surface area contributed by atoms with Gasteiger partial charge in [0.25, 0.3) is 0 Å². The lowest BCUT2D eigenvalue weighted by atomic mass is 10.1. The molecule has 2 heterocycles. The van der Waals surface area contributed by atoms with Crippen LogP contribution in [0.25, 0.3) is 0 Å². The number of piperazine rings is 1. The highest BCUT2D eigenvalue weighted by Gasteiger charge is 2.25. The maximum atomic E-state index is 12.6. The largest absolute Gasteiger partial charge is 0.495 e. The summed E-state index contributed by atoms with van der Waals surface area (Å²) >= 11 is 0. The number of rotatable bonds is 4. The lowest BCUT2D eigenvalue weighted by Gasteiger charge is -2.36. The van der Waals surface area contributed by atoms with Crippen LogP contribution in [0.1, 0.15) is 24.8 Å². The van der Waals surface area contributed by atoms with Gasteiger partial charge in [-0.2, -0.15) is 0 Å². The van der Waals surface area contributed by atoms with Gasteiger partial charge in [0.15, 0.2) is 0 Å².